The molecular weight excluding hydrogens is 182 g/mol. The quantitative estimate of drug-likeness (QED) is 0.415. The molecule has 0 rings (SSSR count). The van der Waals surface area contributed by atoms with Gasteiger partial charge in [-0.15, -0.1) is 6.42 Å². The van der Waals surface area contributed by atoms with Crippen LogP contribution in [0.4, 0.5) is 0 Å². The highest BCUT2D eigenvalue weighted by molar-refractivity contribution is 4.95. The molecule has 82 valence electrons. The van der Waals surface area contributed by atoms with E-state index in [1.165, 1.54) is 0 Å². The van der Waals surface area contributed by atoms with E-state index in [0.29, 0.717) is 26.4 Å². The van der Waals surface area contributed by atoms with Crippen LogP contribution in [0.15, 0.2) is 0 Å². The number of terminal acetylenes is 1. The minimum atomic E-state index is -0.525. The molecule has 0 aromatic carbocycles. The van der Waals surface area contributed by atoms with Crippen LogP contribution in [0.25, 0.3) is 0 Å². The summed E-state index contributed by atoms with van der Waals surface area (Å²) in [6.45, 7) is 3.64. The van der Waals surface area contributed by atoms with Gasteiger partial charge in [0, 0.05) is 13.7 Å². The van der Waals surface area contributed by atoms with E-state index in [1.807, 2.05) is 6.92 Å². The van der Waals surface area contributed by atoms with Crippen LogP contribution in [0, 0.1) is 12.3 Å². The van der Waals surface area contributed by atoms with Crippen LogP contribution in [-0.4, -0.2) is 50.7 Å². The lowest BCUT2D eigenvalue weighted by Gasteiger charge is -2.13. The summed E-state index contributed by atoms with van der Waals surface area (Å²) in [6, 6.07) is -0.0244. The van der Waals surface area contributed by atoms with Crippen LogP contribution >= 0.6 is 0 Å². The van der Waals surface area contributed by atoms with Crippen molar-refractivity contribution in [2.75, 3.05) is 33.5 Å². The van der Waals surface area contributed by atoms with Gasteiger partial charge in [-0.1, -0.05) is 5.92 Å². The van der Waals surface area contributed by atoms with Crippen LogP contribution in [-0.2, 0) is 9.47 Å². The van der Waals surface area contributed by atoms with E-state index < -0.39 is 6.10 Å². The molecule has 0 heterocycles. The summed E-state index contributed by atoms with van der Waals surface area (Å²) >= 11 is 0. The number of aliphatic hydroxyl groups excluding tert-OH is 1. The third-order valence-electron chi connectivity index (χ3n) is 1.65. The van der Waals surface area contributed by atoms with E-state index >= 15 is 0 Å². The highest BCUT2D eigenvalue weighted by atomic mass is 16.5. The highest BCUT2D eigenvalue weighted by Crippen LogP contribution is 1.86. The lowest BCUT2D eigenvalue weighted by atomic mass is 10.3. The summed E-state index contributed by atoms with van der Waals surface area (Å²) in [5.74, 6) is 2.51. The number of hydrogen-bond acceptors (Lipinski definition) is 4. The Morgan fingerprint density at radius 3 is 2.79 bits per heavy atom. The van der Waals surface area contributed by atoms with Gasteiger partial charge in [-0.05, 0) is 6.92 Å². The number of rotatable bonds is 8. The second kappa shape index (κ2) is 8.97. The maximum Gasteiger partial charge on any atom is 0.0898 e. The minimum absolute atomic E-state index is 0.0244. The zero-order valence-corrected chi connectivity index (χ0v) is 8.82. The monoisotopic (exact) mass is 201 g/mol. The van der Waals surface area contributed by atoms with Crippen molar-refractivity contribution >= 4 is 0 Å². The van der Waals surface area contributed by atoms with E-state index in [2.05, 4.69) is 11.2 Å². The molecule has 0 radical (unpaired) electrons. The molecular formula is C10H19NO3. The maximum atomic E-state index is 9.40. The normalized spacial score (nSPS) is 14.7. The molecule has 14 heavy (non-hydrogen) atoms. The Labute approximate surface area is 85.6 Å². The van der Waals surface area contributed by atoms with Crippen LogP contribution < -0.4 is 5.32 Å². The number of aliphatic hydroxyl groups is 1. The summed E-state index contributed by atoms with van der Waals surface area (Å²) < 4.78 is 9.93. The number of ether oxygens (including phenoxy) is 2. The van der Waals surface area contributed by atoms with Crippen LogP contribution in [0.2, 0.25) is 0 Å². The molecule has 0 saturated heterocycles. The summed E-state index contributed by atoms with van der Waals surface area (Å²) in [7, 11) is 1.61. The largest absolute Gasteiger partial charge is 0.389 e. The molecule has 2 atom stereocenters. The predicted molar refractivity (Wildman–Crippen MR) is 55.0 cm³/mol. The van der Waals surface area contributed by atoms with Crippen molar-refractivity contribution in [2.24, 2.45) is 0 Å². The van der Waals surface area contributed by atoms with Gasteiger partial charge in [0.2, 0.25) is 0 Å². The first-order valence-corrected chi connectivity index (χ1v) is 4.65. The number of methoxy groups -OCH3 is 1. The van der Waals surface area contributed by atoms with Gasteiger partial charge in [0.25, 0.3) is 0 Å². The van der Waals surface area contributed by atoms with Gasteiger partial charge in [-0.25, -0.2) is 0 Å². The molecule has 0 aromatic heterocycles. The fraction of sp³-hybridized carbons (Fsp3) is 0.800. The predicted octanol–water partition coefficient (Wildman–Crippen LogP) is -0.378. The Kier molecular flexibility index (Phi) is 8.59. The molecule has 0 aliphatic carbocycles. The molecule has 4 nitrogen and oxygen atoms in total. The topological polar surface area (TPSA) is 50.7 Å². The van der Waals surface area contributed by atoms with Crippen LogP contribution in [0.1, 0.15) is 6.92 Å². The van der Waals surface area contributed by atoms with Crippen molar-refractivity contribution in [3.8, 4) is 12.3 Å². The van der Waals surface area contributed by atoms with Gasteiger partial charge < -0.3 is 19.9 Å². The lowest BCUT2D eigenvalue weighted by Crippen LogP contribution is -2.35. The molecule has 0 spiro atoms. The number of hydrogen-bond donors (Lipinski definition) is 2. The van der Waals surface area contributed by atoms with Crippen LogP contribution in [0.5, 0.6) is 0 Å². The average molecular weight is 201 g/mol. The standard InChI is InChI=1S/C10H19NO3/c1-4-9(2)11-7-10(12)8-14-6-5-13-3/h1,9-12H,5-8H2,2-3H3. The first kappa shape index (κ1) is 13.4. The molecule has 0 aliphatic heterocycles. The van der Waals surface area contributed by atoms with Crippen molar-refractivity contribution in [3.05, 3.63) is 0 Å². The van der Waals surface area contributed by atoms with Gasteiger partial charge in [0.15, 0.2) is 0 Å². The zero-order valence-electron chi connectivity index (χ0n) is 8.82. The van der Waals surface area contributed by atoms with Gasteiger partial charge in [-0.2, -0.15) is 0 Å². The number of nitrogens with one attached hydrogen (secondary N) is 1. The minimum Gasteiger partial charge on any atom is -0.389 e. The Hall–Kier alpha value is -0.600. The molecule has 0 amide bonds. The molecule has 0 bridgehead atoms. The Bertz CT molecular complexity index is 167. The second-order valence-electron chi connectivity index (χ2n) is 3.02. The third kappa shape index (κ3) is 8.02. The summed E-state index contributed by atoms with van der Waals surface area (Å²) in [5, 5.41) is 12.4. The smallest absolute Gasteiger partial charge is 0.0898 e. The van der Waals surface area contributed by atoms with E-state index in [9.17, 15) is 5.11 Å². The summed E-state index contributed by atoms with van der Waals surface area (Å²) in [4.78, 5) is 0. The maximum absolute atomic E-state index is 9.40. The third-order valence-corrected chi connectivity index (χ3v) is 1.65. The van der Waals surface area contributed by atoms with Crippen molar-refractivity contribution in [3.63, 3.8) is 0 Å². The van der Waals surface area contributed by atoms with E-state index in [1.54, 1.807) is 7.11 Å². The summed E-state index contributed by atoms with van der Waals surface area (Å²) in [5.41, 5.74) is 0. The first-order valence-electron chi connectivity index (χ1n) is 4.65. The Morgan fingerprint density at radius 1 is 1.50 bits per heavy atom. The van der Waals surface area contributed by atoms with Crippen molar-refractivity contribution in [1.82, 2.24) is 5.32 Å². The average Bonchev–Trinajstić information content (AvgIpc) is 2.21. The van der Waals surface area contributed by atoms with E-state index in [-0.39, 0.29) is 6.04 Å². The molecule has 2 N–H and O–H groups in total. The van der Waals surface area contributed by atoms with Gasteiger partial charge in [-0.3, -0.25) is 0 Å². The van der Waals surface area contributed by atoms with Crippen molar-refractivity contribution in [1.29, 1.82) is 0 Å². The molecule has 0 saturated carbocycles. The fourth-order valence-electron chi connectivity index (χ4n) is 0.792. The zero-order chi connectivity index (χ0) is 10.8. The van der Waals surface area contributed by atoms with Gasteiger partial charge >= 0.3 is 0 Å². The second-order valence-corrected chi connectivity index (χ2v) is 3.02. The Morgan fingerprint density at radius 2 is 2.21 bits per heavy atom. The van der Waals surface area contributed by atoms with Crippen molar-refractivity contribution in [2.45, 2.75) is 19.1 Å². The lowest BCUT2D eigenvalue weighted by molar-refractivity contribution is 0.0135. The van der Waals surface area contributed by atoms with Gasteiger partial charge in [0.1, 0.15) is 0 Å². The van der Waals surface area contributed by atoms with E-state index in [4.69, 9.17) is 15.9 Å². The molecule has 2 unspecified atom stereocenters. The summed E-state index contributed by atoms with van der Waals surface area (Å²) in [6.07, 6.45) is 4.63. The first-order chi connectivity index (χ1) is 6.70. The fourth-order valence-corrected chi connectivity index (χ4v) is 0.792. The molecule has 0 aliphatic rings. The SMILES string of the molecule is C#CC(C)NCC(O)COCCOC. The molecule has 4 heteroatoms. The highest BCUT2D eigenvalue weighted by Gasteiger charge is 2.04. The molecule has 0 aromatic rings. The Balaban J connectivity index is 3.28. The van der Waals surface area contributed by atoms with Crippen molar-refractivity contribution < 1.29 is 14.6 Å². The van der Waals surface area contributed by atoms with E-state index in [0.717, 1.165) is 0 Å². The molecule has 0 fully saturated rings. The van der Waals surface area contributed by atoms with Crippen LogP contribution in [0.3, 0.4) is 0 Å². The van der Waals surface area contributed by atoms with Gasteiger partial charge in [0.05, 0.1) is 32.0 Å².